The third-order valence-corrected chi connectivity index (χ3v) is 20.8. The van der Waals surface area contributed by atoms with Crippen LogP contribution >= 0.6 is 0 Å². The predicted octanol–water partition coefficient (Wildman–Crippen LogP) is 10.7. The summed E-state index contributed by atoms with van der Waals surface area (Å²) >= 11 is 0. The number of hydrogen-bond donors (Lipinski definition) is 1. The van der Waals surface area contributed by atoms with Gasteiger partial charge in [0, 0.05) is 24.9 Å². The predicted molar refractivity (Wildman–Crippen MR) is 224 cm³/mol. The monoisotopic (exact) mass is 760 g/mol. The van der Waals surface area contributed by atoms with Crippen LogP contribution in [0.5, 0.6) is 11.5 Å². The fraction of sp³-hybridized carbons (Fsp3) is 0.721. The molecule has 2 aromatic rings. The Morgan fingerprint density at radius 3 is 1.40 bits per heavy atom. The van der Waals surface area contributed by atoms with Gasteiger partial charge in [-0.3, -0.25) is 0 Å². The molecule has 0 aliphatic rings. The van der Waals surface area contributed by atoms with E-state index in [1.165, 1.54) is 0 Å². The lowest BCUT2D eigenvalue weighted by Gasteiger charge is -2.44. The largest absolute Gasteiger partial charge is 0.497 e. The van der Waals surface area contributed by atoms with Crippen molar-refractivity contribution in [2.75, 3.05) is 33.9 Å². The number of rotatable bonds is 22. The summed E-state index contributed by atoms with van der Waals surface area (Å²) < 4.78 is 37.8. The highest BCUT2D eigenvalue weighted by molar-refractivity contribution is 6.74. The number of nitrogens with one attached hydrogen (secondary N) is 1. The molecule has 0 fully saturated rings. The van der Waals surface area contributed by atoms with Gasteiger partial charge >= 0.3 is 0 Å². The van der Waals surface area contributed by atoms with Crippen LogP contribution in [0.1, 0.15) is 87.3 Å². The number of methoxy groups -OCH3 is 2. The minimum absolute atomic E-state index is 0.0272. The lowest BCUT2D eigenvalue weighted by Crippen LogP contribution is -2.51. The Hall–Kier alpha value is -1.73. The summed E-state index contributed by atoms with van der Waals surface area (Å²) in [6.07, 6.45) is 0.155. The van der Waals surface area contributed by atoms with Crippen molar-refractivity contribution in [1.29, 1.82) is 0 Å². The molecule has 2 rings (SSSR count). The molecule has 298 valence electrons. The van der Waals surface area contributed by atoms with Crippen LogP contribution in [0.2, 0.25) is 36.3 Å². The molecule has 0 saturated carbocycles. The second kappa shape index (κ2) is 20.3. The van der Waals surface area contributed by atoms with E-state index in [-0.39, 0.29) is 46.1 Å². The molecule has 2 aromatic carbocycles. The van der Waals surface area contributed by atoms with Crippen LogP contribution in [-0.2, 0) is 31.5 Å². The third-order valence-electron chi connectivity index (χ3n) is 11.8. The number of benzene rings is 2. The van der Waals surface area contributed by atoms with Crippen LogP contribution < -0.4 is 14.8 Å². The normalized spacial score (nSPS) is 17.2. The Bertz CT molecular complexity index is 1290. The molecule has 7 nitrogen and oxygen atoms in total. The highest BCUT2D eigenvalue weighted by atomic mass is 28.4. The fourth-order valence-electron chi connectivity index (χ4n) is 5.89. The zero-order valence-corrected chi connectivity index (χ0v) is 38.1. The van der Waals surface area contributed by atoms with Gasteiger partial charge in [-0.1, -0.05) is 93.5 Å². The third kappa shape index (κ3) is 14.2. The first-order chi connectivity index (χ1) is 24.0. The van der Waals surface area contributed by atoms with Crippen LogP contribution in [0.3, 0.4) is 0 Å². The maximum atomic E-state index is 7.23. The van der Waals surface area contributed by atoms with Crippen LogP contribution in [0.15, 0.2) is 48.5 Å². The lowest BCUT2D eigenvalue weighted by molar-refractivity contribution is -0.0393. The van der Waals surface area contributed by atoms with E-state index >= 15 is 0 Å². The van der Waals surface area contributed by atoms with Gasteiger partial charge in [0.05, 0.1) is 52.4 Å². The van der Waals surface area contributed by atoms with Crippen molar-refractivity contribution in [2.24, 2.45) is 23.7 Å². The van der Waals surface area contributed by atoms with Gasteiger partial charge in [0.1, 0.15) is 11.5 Å². The molecule has 0 radical (unpaired) electrons. The second-order valence-corrected chi connectivity index (χ2v) is 27.9. The van der Waals surface area contributed by atoms with Gasteiger partial charge < -0.3 is 33.1 Å². The molecule has 52 heavy (non-hydrogen) atoms. The van der Waals surface area contributed by atoms with E-state index in [4.69, 9.17) is 27.8 Å². The van der Waals surface area contributed by atoms with E-state index in [1.54, 1.807) is 14.2 Å². The van der Waals surface area contributed by atoms with Gasteiger partial charge in [0.15, 0.2) is 16.6 Å². The first kappa shape index (κ1) is 46.4. The zero-order valence-electron chi connectivity index (χ0n) is 36.1. The van der Waals surface area contributed by atoms with Gasteiger partial charge in [0.25, 0.3) is 0 Å². The van der Waals surface area contributed by atoms with Crippen molar-refractivity contribution in [2.45, 2.75) is 144 Å². The lowest BCUT2D eigenvalue weighted by atomic mass is 9.89. The molecule has 1 N–H and O–H groups in total. The van der Waals surface area contributed by atoms with E-state index < -0.39 is 16.6 Å². The quantitative estimate of drug-likeness (QED) is 0.120. The first-order valence-corrected chi connectivity index (χ1v) is 25.4. The molecule has 0 aromatic heterocycles. The van der Waals surface area contributed by atoms with Crippen molar-refractivity contribution in [1.82, 2.24) is 5.32 Å². The molecule has 0 aliphatic carbocycles. The summed E-state index contributed by atoms with van der Waals surface area (Å²) in [7, 11) is -0.696. The standard InChI is InChI=1S/C43H77NO6Si2/c1-31(40(49-51(14,15)42(6,7)8)33(3)28-47-29-36-18-22-38(45-12)23-19-36)26-44-27-32(2)41(50-52(16,17)43(9,10)11)34(4)35(5)48-30-37-20-24-39(46-13)25-21-37/h18-25,31-35,40-41,44H,26-30H2,1-17H3. The van der Waals surface area contributed by atoms with Crippen LogP contribution in [0.25, 0.3) is 0 Å². The molecule has 0 saturated heterocycles. The molecule has 0 heterocycles. The highest BCUT2D eigenvalue weighted by Gasteiger charge is 2.43. The van der Waals surface area contributed by atoms with E-state index in [0.717, 1.165) is 35.7 Å². The summed E-state index contributed by atoms with van der Waals surface area (Å²) in [6, 6.07) is 16.2. The summed E-state index contributed by atoms with van der Waals surface area (Å²) in [5, 5.41) is 4.10. The second-order valence-electron chi connectivity index (χ2n) is 18.4. The molecule has 0 bridgehead atoms. The Kier molecular flexibility index (Phi) is 18.1. The SMILES string of the molecule is COc1ccc(COCC(C)C(O[Si](C)(C)C(C)(C)C)C(C)CNCC(C)C(O[Si](C)(C)C(C)(C)C)C(C)C(C)OCc2ccc(OC)cc2)cc1. The highest BCUT2D eigenvalue weighted by Crippen LogP contribution is 2.41. The first-order valence-electron chi connectivity index (χ1n) is 19.5. The zero-order chi connectivity index (χ0) is 39.5. The molecular formula is C43H77NO6Si2. The van der Waals surface area contributed by atoms with Crippen molar-refractivity contribution >= 4 is 16.6 Å². The van der Waals surface area contributed by atoms with Gasteiger partial charge in [0.2, 0.25) is 0 Å². The average Bonchev–Trinajstić information content (AvgIpc) is 3.07. The van der Waals surface area contributed by atoms with Crippen LogP contribution in [0.4, 0.5) is 0 Å². The van der Waals surface area contributed by atoms with E-state index in [1.807, 2.05) is 24.3 Å². The summed E-state index contributed by atoms with van der Waals surface area (Å²) in [5.74, 6) is 2.74. The van der Waals surface area contributed by atoms with E-state index in [9.17, 15) is 0 Å². The topological polar surface area (TPSA) is 67.4 Å². The molecular weight excluding hydrogens is 683 g/mol. The summed E-state index contributed by atoms with van der Waals surface area (Å²) in [4.78, 5) is 0. The van der Waals surface area contributed by atoms with Crippen molar-refractivity contribution in [3.63, 3.8) is 0 Å². The van der Waals surface area contributed by atoms with Gasteiger partial charge in [-0.25, -0.2) is 0 Å². The van der Waals surface area contributed by atoms with Crippen molar-refractivity contribution in [3.8, 4) is 11.5 Å². The summed E-state index contributed by atoms with van der Waals surface area (Å²) in [5.41, 5.74) is 2.28. The fourth-order valence-corrected chi connectivity index (χ4v) is 8.87. The minimum atomic E-state index is -2.05. The molecule has 0 spiro atoms. The smallest absolute Gasteiger partial charge is 0.192 e. The van der Waals surface area contributed by atoms with Gasteiger partial charge in [-0.15, -0.1) is 0 Å². The maximum Gasteiger partial charge on any atom is 0.192 e. The average molecular weight is 760 g/mol. The molecule has 7 unspecified atom stereocenters. The maximum absolute atomic E-state index is 7.23. The summed E-state index contributed by atoms with van der Waals surface area (Å²) in [6.45, 7) is 38.3. The van der Waals surface area contributed by atoms with Crippen LogP contribution in [-0.4, -0.2) is 68.9 Å². The van der Waals surface area contributed by atoms with E-state index in [2.05, 4.69) is 132 Å². The Morgan fingerprint density at radius 2 is 0.981 bits per heavy atom. The number of hydrogen-bond acceptors (Lipinski definition) is 7. The Labute approximate surface area is 321 Å². The van der Waals surface area contributed by atoms with Crippen molar-refractivity contribution in [3.05, 3.63) is 59.7 Å². The minimum Gasteiger partial charge on any atom is -0.497 e. The molecule has 0 aliphatic heterocycles. The van der Waals surface area contributed by atoms with Gasteiger partial charge in [-0.05, 0) is 90.4 Å². The Balaban J connectivity index is 2.15. The molecule has 0 amide bonds. The van der Waals surface area contributed by atoms with Gasteiger partial charge in [-0.2, -0.15) is 0 Å². The number of ether oxygens (including phenoxy) is 4. The molecule has 7 atom stereocenters. The van der Waals surface area contributed by atoms with Crippen LogP contribution in [0, 0.1) is 23.7 Å². The Morgan fingerprint density at radius 1 is 0.577 bits per heavy atom. The van der Waals surface area contributed by atoms with E-state index in [0.29, 0.717) is 25.7 Å². The van der Waals surface area contributed by atoms with Crippen molar-refractivity contribution < 1.29 is 27.8 Å². The molecule has 9 heteroatoms.